The number of hydrogen-bond acceptors (Lipinski definition) is 7. The van der Waals surface area contributed by atoms with Crippen LogP contribution >= 0.6 is 0 Å². The Kier molecular flexibility index (Phi) is 6.85. The van der Waals surface area contributed by atoms with Crippen molar-refractivity contribution < 1.29 is 23.1 Å². The van der Waals surface area contributed by atoms with Gasteiger partial charge in [-0.3, -0.25) is 9.88 Å². The number of aromatic nitrogens is 1. The summed E-state index contributed by atoms with van der Waals surface area (Å²) in [7, 11) is -2.69. The van der Waals surface area contributed by atoms with E-state index in [1.165, 1.54) is 37.4 Å². The first-order chi connectivity index (χ1) is 16.3. The maximum Gasteiger partial charge on any atom is 0.337 e. The van der Waals surface area contributed by atoms with Crippen LogP contribution in [-0.2, 0) is 22.8 Å². The van der Waals surface area contributed by atoms with Crippen molar-refractivity contribution in [3.05, 3.63) is 77.1 Å². The lowest BCUT2D eigenvalue weighted by Crippen LogP contribution is -2.24. The molecule has 0 bridgehead atoms. The van der Waals surface area contributed by atoms with E-state index < -0.39 is 15.8 Å². The molecule has 1 aliphatic rings. The summed E-state index contributed by atoms with van der Waals surface area (Å²) in [5.74, 6) is -0.816. The quantitative estimate of drug-likeness (QED) is 0.470. The summed E-state index contributed by atoms with van der Waals surface area (Å²) in [6.07, 6.45) is 5.68. The van der Waals surface area contributed by atoms with E-state index in [1.807, 2.05) is 6.07 Å². The molecule has 1 fully saturated rings. The summed E-state index contributed by atoms with van der Waals surface area (Å²) >= 11 is 0. The number of anilines is 1. The van der Waals surface area contributed by atoms with E-state index in [4.69, 9.17) is 10.5 Å². The van der Waals surface area contributed by atoms with Crippen molar-refractivity contribution in [1.29, 1.82) is 0 Å². The summed E-state index contributed by atoms with van der Waals surface area (Å²) in [4.78, 5) is 18.3. The Morgan fingerprint density at radius 2 is 1.88 bits per heavy atom. The van der Waals surface area contributed by atoms with Gasteiger partial charge in [0.15, 0.2) is 0 Å². The first-order valence-corrected chi connectivity index (χ1v) is 12.5. The Hall–Kier alpha value is -3.43. The van der Waals surface area contributed by atoms with Crippen molar-refractivity contribution in [2.75, 3.05) is 25.9 Å². The highest BCUT2D eigenvalue weighted by atomic mass is 32.2. The molecular formula is C25H27N3O5S. The van der Waals surface area contributed by atoms with Crippen molar-refractivity contribution in [1.82, 2.24) is 9.88 Å². The molecule has 2 aromatic carbocycles. The number of likely N-dealkylation sites (tertiary alicyclic amines) is 1. The van der Waals surface area contributed by atoms with Gasteiger partial charge in [-0.25, -0.2) is 13.2 Å². The molecule has 0 atom stereocenters. The summed E-state index contributed by atoms with van der Waals surface area (Å²) in [5, 5.41) is 10.1. The molecule has 2 heterocycles. The molecule has 0 unspecified atom stereocenters. The molecule has 0 amide bonds. The highest BCUT2D eigenvalue weighted by Gasteiger charge is 2.32. The number of hydrogen-bond donors (Lipinski definition) is 2. The number of ether oxygens (including phenoxy) is 1. The number of carboxylic acids is 1. The molecule has 1 saturated heterocycles. The van der Waals surface area contributed by atoms with Gasteiger partial charge in [-0.1, -0.05) is 6.07 Å². The number of nitrogens with zero attached hydrogens (tertiary/aromatic N) is 2. The van der Waals surface area contributed by atoms with Gasteiger partial charge in [0, 0.05) is 36.6 Å². The average molecular weight is 482 g/mol. The predicted molar refractivity (Wildman–Crippen MR) is 128 cm³/mol. The number of nitrogen functional groups attached to an aromatic ring is 1. The highest BCUT2D eigenvalue weighted by Crippen LogP contribution is 2.36. The molecule has 0 radical (unpaired) electrons. The van der Waals surface area contributed by atoms with Crippen LogP contribution in [0.15, 0.2) is 64.6 Å². The minimum absolute atomic E-state index is 0.0159. The van der Waals surface area contributed by atoms with E-state index in [0.717, 1.165) is 31.5 Å². The summed E-state index contributed by atoms with van der Waals surface area (Å²) in [6.45, 7) is 1.87. The summed E-state index contributed by atoms with van der Waals surface area (Å²) < 4.78 is 32.7. The SMILES string of the molecule is COc1ccc(S(=O)(=O)c2c(C(=O)O)cc(Cc3cccnc3)c(N)c2CN2CCCC2)cc1. The third-order valence-electron chi connectivity index (χ3n) is 6.07. The monoisotopic (exact) mass is 481 g/mol. The van der Waals surface area contributed by atoms with Crippen LogP contribution in [0, 0.1) is 0 Å². The molecule has 0 aliphatic carbocycles. The number of carbonyl (C=O) groups is 1. The van der Waals surface area contributed by atoms with Crippen LogP contribution in [0.25, 0.3) is 0 Å². The number of benzene rings is 2. The van der Waals surface area contributed by atoms with E-state index in [2.05, 4.69) is 9.88 Å². The lowest BCUT2D eigenvalue weighted by molar-refractivity contribution is 0.0692. The standard InChI is InChI=1S/C25H27N3O5S/c1-33-19-6-8-20(9-7-19)34(31,32)24-21(25(29)30)14-18(13-17-5-4-10-27-15-17)23(26)22(24)16-28-11-2-3-12-28/h4-10,14-15H,2-3,11-13,16,26H2,1H3,(H,29,30). The van der Waals surface area contributed by atoms with Crippen molar-refractivity contribution in [3.8, 4) is 5.75 Å². The second-order valence-corrected chi connectivity index (χ2v) is 10.2. The Morgan fingerprint density at radius 3 is 2.47 bits per heavy atom. The van der Waals surface area contributed by atoms with Crippen molar-refractivity contribution in [2.45, 2.75) is 35.6 Å². The average Bonchev–Trinajstić information content (AvgIpc) is 3.35. The topological polar surface area (TPSA) is 123 Å². The van der Waals surface area contributed by atoms with Crippen LogP contribution < -0.4 is 10.5 Å². The number of methoxy groups -OCH3 is 1. The Bertz CT molecular complexity index is 1290. The van der Waals surface area contributed by atoms with E-state index in [1.54, 1.807) is 18.5 Å². The number of carboxylic acid groups (broad SMARTS) is 1. The van der Waals surface area contributed by atoms with Gasteiger partial charge in [0.2, 0.25) is 9.84 Å². The van der Waals surface area contributed by atoms with Gasteiger partial charge >= 0.3 is 5.97 Å². The van der Waals surface area contributed by atoms with Crippen LogP contribution in [0.4, 0.5) is 5.69 Å². The molecule has 34 heavy (non-hydrogen) atoms. The van der Waals surface area contributed by atoms with Gasteiger partial charge in [-0.2, -0.15) is 0 Å². The number of rotatable bonds is 8. The van der Waals surface area contributed by atoms with Crippen LogP contribution in [0.5, 0.6) is 5.75 Å². The molecule has 0 saturated carbocycles. The zero-order valence-corrected chi connectivity index (χ0v) is 19.7. The van der Waals surface area contributed by atoms with Crippen molar-refractivity contribution >= 4 is 21.5 Å². The number of aromatic carboxylic acids is 1. The van der Waals surface area contributed by atoms with Gasteiger partial charge in [0.25, 0.3) is 0 Å². The van der Waals surface area contributed by atoms with Gasteiger partial charge in [0.05, 0.1) is 22.5 Å². The van der Waals surface area contributed by atoms with E-state index >= 15 is 0 Å². The fraction of sp³-hybridized carbons (Fsp3) is 0.280. The fourth-order valence-electron chi connectivity index (χ4n) is 4.32. The lowest BCUT2D eigenvalue weighted by atomic mass is 9.97. The minimum Gasteiger partial charge on any atom is -0.497 e. The second kappa shape index (κ2) is 9.82. The molecule has 0 spiro atoms. The summed E-state index contributed by atoms with van der Waals surface area (Å²) in [5.41, 5.74) is 8.34. The van der Waals surface area contributed by atoms with Gasteiger partial charge < -0.3 is 15.6 Å². The molecule has 3 aromatic rings. The van der Waals surface area contributed by atoms with E-state index in [9.17, 15) is 18.3 Å². The third kappa shape index (κ3) is 4.76. The summed E-state index contributed by atoms with van der Waals surface area (Å²) in [6, 6.07) is 10.9. The maximum atomic E-state index is 13.8. The Balaban J connectivity index is 1.92. The van der Waals surface area contributed by atoms with Crippen molar-refractivity contribution in [2.24, 2.45) is 0 Å². The van der Waals surface area contributed by atoms with Crippen molar-refractivity contribution in [3.63, 3.8) is 0 Å². The molecular weight excluding hydrogens is 454 g/mol. The molecule has 178 valence electrons. The second-order valence-electron chi connectivity index (χ2n) is 8.31. The lowest BCUT2D eigenvalue weighted by Gasteiger charge is -2.23. The van der Waals surface area contributed by atoms with Crippen LogP contribution in [0.2, 0.25) is 0 Å². The Morgan fingerprint density at radius 1 is 1.18 bits per heavy atom. The van der Waals surface area contributed by atoms with Gasteiger partial charge in [-0.15, -0.1) is 0 Å². The van der Waals surface area contributed by atoms with Crippen LogP contribution in [0.1, 0.15) is 39.9 Å². The van der Waals surface area contributed by atoms with E-state index in [0.29, 0.717) is 29.0 Å². The van der Waals surface area contributed by atoms with Gasteiger partial charge in [0.1, 0.15) is 5.75 Å². The largest absolute Gasteiger partial charge is 0.497 e. The molecule has 1 aliphatic heterocycles. The zero-order valence-electron chi connectivity index (χ0n) is 18.9. The smallest absolute Gasteiger partial charge is 0.337 e. The molecule has 8 nitrogen and oxygen atoms in total. The third-order valence-corrected chi connectivity index (χ3v) is 7.97. The molecule has 4 rings (SSSR count). The number of sulfone groups is 1. The van der Waals surface area contributed by atoms with Gasteiger partial charge in [-0.05, 0) is 73.5 Å². The van der Waals surface area contributed by atoms with E-state index in [-0.39, 0.29) is 21.9 Å². The van der Waals surface area contributed by atoms with Crippen LogP contribution in [0.3, 0.4) is 0 Å². The highest BCUT2D eigenvalue weighted by molar-refractivity contribution is 7.91. The molecule has 1 aromatic heterocycles. The van der Waals surface area contributed by atoms with Crippen LogP contribution in [-0.4, -0.2) is 49.6 Å². The Labute approximate surface area is 198 Å². The minimum atomic E-state index is -4.18. The maximum absolute atomic E-state index is 13.8. The normalized spacial score (nSPS) is 14.3. The first kappa shape index (κ1) is 23.7. The number of pyridine rings is 1. The number of nitrogens with two attached hydrogens (primary N) is 1. The predicted octanol–water partition coefficient (Wildman–Crippen LogP) is 3.39. The first-order valence-electron chi connectivity index (χ1n) is 11.0. The molecule has 3 N–H and O–H groups in total. The molecule has 9 heteroatoms. The fourth-order valence-corrected chi connectivity index (χ4v) is 5.99. The zero-order chi connectivity index (χ0) is 24.3.